The molecule has 1 nitrogen and oxygen atoms in total. The smallest absolute Gasteiger partial charge is 0.0699 e. The van der Waals surface area contributed by atoms with Crippen molar-refractivity contribution in [1.29, 1.82) is 0 Å². The number of anilines is 3. The van der Waals surface area contributed by atoms with E-state index in [2.05, 4.69) is 200 Å². The average Bonchev–Trinajstić information content (AvgIpc) is 3.58. The van der Waals surface area contributed by atoms with E-state index in [4.69, 9.17) is 0 Å². The van der Waals surface area contributed by atoms with Gasteiger partial charge in [0.05, 0.1) is 11.1 Å². The lowest BCUT2D eigenvalue weighted by Gasteiger charge is -2.42. The van der Waals surface area contributed by atoms with Gasteiger partial charge in [-0.2, -0.15) is 0 Å². The summed E-state index contributed by atoms with van der Waals surface area (Å²) in [6.45, 7) is 2.40. The van der Waals surface area contributed by atoms with Crippen molar-refractivity contribution in [3.05, 3.63) is 231 Å². The number of nitrogens with zero attached hydrogens (tertiary/aromatic N) is 1. The second-order valence-corrected chi connectivity index (χ2v) is 18.8. The zero-order valence-corrected chi connectivity index (χ0v) is 35.2. The number of hydrogen-bond donors (Lipinski definition) is 0. The molecule has 2 aliphatic heterocycles. The summed E-state index contributed by atoms with van der Waals surface area (Å²) in [4.78, 5) is 7.98. The molecule has 60 heavy (non-hydrogen) atoms. The van der Waals surface area contributed by atoms with Crippen LogP contribution in [0.5, 0.6) is 0 Å². The fourth-order valence-corrected chi connectivity index (χ4v) is 13.3. The minimum atomic E-state index is -0.382. The SMILES string of the molecule is CC1CC=CC2=C1Cc1ccccc1-c1c(cccc1N(c1ccccc1)c1ccc3c(c1)C1(C4=C(C=CCC4)Sc4ccccc41)c1ccccc1-3)-c1ccccc1S2. The molecule has 0 saturated carbocycles. The highest BCUT2D eigenvalue weighted by Gasteiger charge is 2.51. The summed E-state index contributed by atoms with van der Waals surface area (Å²) in [5.41, 5.74) is 19.5. The van der Waals surface area contributed by atoms with Gasteiger partial charge >= 0.3 is 0 Å². The van der Waals surface area contributed by atoms with Crippen molar-refractivity contribution in [3.63, 3.8) is 0 Å². The van der Waals surface area contributed by atoms with E-state index in [0.29, 0.717) is 5.92 Å². The molecule has 0 radical (unpaired) electrons. The Morgan fingerprint density at radius 2 is 1.22 bits per heavy atom. The topological polar surface area (TPSA) is 3.24 Å². The zero-order valence-electron chi connectivity index (χ0n) is 33.6. The number of rotatable bonds is 3. The molecule has 288 valence electrons. The molecule has 0 amide bonds. The van der Waals surface area contributed by atoms with Crippen molar-refractivity contribution in [3.8, 4) is 33.4 Å². The van der Waals surface area contributed by atoms with Crippen LogP contribution in [-0.2, 0) is 11.8 Å². The Balaban J connectivity index is 1.15. The minimum Gasteiger partial charge on any atom is -0.310 e. The lowest BCUT2D eigenvalue weighted by atomic mass is 9.65. The van der Waals surface area contributed by atoms with E-state index < -0.39 is 0 Å². The predicted octanol–water partition coefficient (Wildman–Crippen LogP) is 16.0. The molecule has 3 heteroatoms. The van der Waals surface area contributed by atoms with E-state index in [-0.39, 0.29) is 5.41 Å². The molecule has 0 saturated heterocycles. The molecule has 12 rings (SSSR count). The molecular weight excluding hydrogens is 763 g/mol. The first-order valence-corrected chi connectivity index (χ1v) is 23.0. The molecule has 7 aromatic carbocycles. The maximum absolute atomic E-state index is 2.56. The Morgan fingerprint density at radius 3 is 2.10 bits per heavy atom. The van der Waals surface area contributed by atoms with Crippen LogP contribution in [-0.4, -0.2) is 0 Å². The summed E-state index contributed by atoms with van der Waals surface area (Å²) in [5, 5.41) is 0. The van der Waals surface area contributed by atoms with E-state index in [1.54, 1.807) is 0 Å². The van der Waals surface area contributed by atoms with Crippen LogP contribution in [0.4, 0.5) is 17.1 Å². The average molecular weight is 806 g/mol. The number of fused-ring (bicyclic) bond motifs is 13. The summed E-state index contributed by atoms with van der Waals surface area (Å²) in [5.74, 6) is 0.481. The molecule has 2 atom stereocenters. The Labute approximate surface area is 361 Å². The number of para-hydroxylation sites is 1. The van der Waals surface area contributed by atoms with Gasteiger partial charge in [-0.15, -0.1) is 0 Å². The summed E-state index contributed by atoms with van der Waals surface area (Å²) in [6.07, 6.45) is 13.6. The van der Waals surface area contributed by atoms with Crippen molar-refractivity contribution < 1.29 is 0 Å². The molecule has 0 aromatic heterocycles. The first-order chi connectivity index (χ1) is 29.7. The van der Waals surface area contributed by atoms with Gasteiger partial charge in [0, 0.05) is 36.5 Å². The van der Waals surface area contributed by atoms with Crippen LogP contribution in [0, 0.1) is 5.92 Å². The number of hydrogen-bond acceptors (Lipinski definition) is 3. The number of thioether (sulfide) groups is 2. The van der Waals surface area contributed by atoms with Gasteiger partial charge in [-0.25, -0.2) is 0 Å². The highest BCUT2D eigenvalue weighted by atomic mass is 32.2. The van der Waals surface area contributed by atoms with E-state index in [9.17, 15) is 0 Å². The lowest BCUT2D eigenvalue weighted by molar-refractivity contribution is 0.664. The van der Waals surface area contributed by atoms with E-state index in [1.165, 1.54) is 92.1 Å². The van der Waals surface area contributed by atoms with Crippen LogP contribution in [0.15, 0.2) is 219 Å². The summed E-state index contributed by atoms with van der Waals surface area (Å²) in [7, 11) is 0. The van der Waals surface area contributed by atoms with Crippen molar-refractivity contribution >= 4 is 40.6 Å². The third-order valence-electron chi connectivity index (χ3n) is 13.4. The fourth-order valence-electron chi connectivity index (χ4n) is 10.8. The van der Waals surface area contributed by atoms with E-state index in [1.807, 2.05) is 23.5 Å². The monoisotopic (exact) mass is 805 g/mol. The normalized spacial score (nSPS) is 19.3. The van der Waals surface area contributed by atoms with E-state index >= 15 is 0 Å². The Morgan fingerprint density at radius 1 is 0.533 bits per heavy atom. The maximum Gasteiger partial charge on any atom is 0.0699 e. The van der Waals surface area contributed by atoms with Crippen molar-refractivity contribution in [1.82, 2.24) is 0 Å². The minimum absolute atomic E-state index is 0.382. The van der Waals surface area contributed by atoms with Gasteiger partial charge in [0.15, 0.2) is 0 Å². The van der Waals surface area contributed by atoms with Crippen LogP contribution < -0.4 is 4.90 Å². The van der Waals surface area contributed by atoms with Gasteiger partial charge in [0.2, 0.25) is 0 Å². The predicted molar refractivity (Wildman–Crippen MR) is 255 cm³/mol. The standard InChI is InChI=1S/C57H43NS2/c1-37-17-15-32-53-46(37)35-38-18-5-6-21-41(38)56-45(44-23-8-12-29-52(44)59-53)24-16-28-51(56)58(39-19-3-2-4-20-39)40-33-34-43-42-22-7-9-25-47(42)57(50(43)36-40)48-26-10-13-30-54(48)60-55-31-14-11-27-49(55)57/h2-10,12-16,18-26,28-34,36-37H,11,17,27,35H2,1H3. The molecule has 0 N–H and O–H groups in total. The molecule has 0 fully saturated rings. The third-order valence-corrected chi connectivity index (χ3v) is 15.8. The lowest BCUT2D eigenvalue weighted by Crippen LogP contribution is -2.33. The van der Waals surface area contributed by atoms with Crippen LogP contribution >= 0.6 is 23.5 Å². The first kappa shape index (κ1) is 35.9. The summed E-state index contributed by atoms with van der Waals surface area (Å²) >= 11 is 3.88. The third kappa shape index (κ3) is 5.42. The van der Waals surface area contributed by atoms with Crippen LogP contribution in [0.3, 0.4) is 0 Å². The maximum atomic E-state index is 2.56. The fraction of sp³-hybridized carbons (Fsp3) is 0.123. The largest absolute Gasteiger partial charge is 0.310 e. The summed E-state index contributed by atoms with van der Waals surface area (Å²) < 4.78 is 0. The second kappa shape index (κ2) is 14.3. The van der Waals surface area contributed by atoms with E-state index in [0.717, 1.165) is 37.1 Å². The first-order valence-electron chi connectivity index (χ1n) is 21.3. The van der Waals surface area contributed by atoms with Crippen LogP contribution in [0.25, 0.3) is 33.4 Å². The zero-order chi connectivity index (χ0) is 39.8. The second-order valence-electron chi connectivity index (χ2n) is 16.6. The van der Waals surface area contributed by atoms with Crippen molar-refractivity contribution in [2.45, 2.75) is 47.8 Å². The Hall–Kier alpha value is -6.00. The Bertz CT molecular complexity index is 3020. The highest BCUT2D eigenvalue weighted by molar-refractivity contribution is 8.03. The van der Waals surface area contributed by atoms with Gasteiger partial charge in [0.25, 0.3) is 0 Å². The molecule has 1 spiro atoms. The van der Waals surface area contributed by atoms with Gasteiger partial charge in [0.1, 0.15) is 0 Å². The molecule has 2 unspecified atom stereocenters. The molecule has 5 aliphatic rings. The summed E-state index contributed by atoms with van der Waals surface area (Å²) in [6, 6.07) is 62.1. The number of allylic oxidation sites excluding steroid dienone is 6. The molecule has 2 heterocycles. The number of benzene rings is 7. The van der Waals surface area contributed by atoms with Crippen LogP contribution in [0.1, 0.15) is 48.4 Å². The molecule has 7 aromatic rings. The van der Waals surface area contributed by atoms with Crippen LogP contribution in [0.2, 0.25) is 0 Å². The van der Waals surface area contributed by atoms with Gasteiger partial charge < -0.3 is 4.90 Å². The Kier molecular flexibility index (Phi) is 8.58. The quantitative estimate of drug-likeness (QED) is 0.175. The van der Waals surface area contributed by atoms with Crippen molar-refractivity contribution in [2.24, 2.45) is 5.92 Å². The van der Waals surface area contributed by atoms with Crippen molar-refractivity contribution in [2.75, 3.05) is 4.90 Å². The van der Waals surface area contributed by atoms with Gasteiger partial charge in [-0.05, 0) is 135 Å². The highest BCUT2D eigenvalue weighted by Crippen LogP contribution is 2.64. The van der Waals surface area contributed by atoms with Gasteiger partial charge in [-0.3, -0.25) is 0 Å². The molecule has 3 aliphatic carbocycles. The molecular formula is C57H43NS2. The molecule has 0 bridgehead atoms. The van der Waals surface area contributed by atoms with Gasteiger partial charge in [-0.1, -0.05) is 176 Å².